The Morgan fingerprint density at radius 3 is 0.680 bits per heavy atom. The third-order valence-corrected chi connectivity index (χ3v) is 20.9. The molecule has 0 aromatic rings. The van der Waals surface area contributed by atoms with Gasteiger partial charge in [0.05, 0.1) is 26.4 Å². The second kappa shape index (κ2) is 72.6. The van der Waals surface area contributed by atoms with E-state index < -0.39 is 97.5 Å². The molecule has 0 fully saturated rings. The molecular formula is C81H158O17P2. The number of phosphoric ester groups is 2. The van der Waals surface area contributed by atoms with Gasteiger partial charge in [0.15, 0.2) is 12.2 Å². The second-order valence-electron chi connectivity index (χ2n) is 30.1. The number of aliphatic hydroxyl groups is 1. The smallest absolute Gasteiger partial charge is 0.462 e. The van der Waals surface area contributed by atoms with E-state index in [-0.39, 0.29) is 25.7 Å². The summed E-state index contributed by atoms with van der Waals surface area (Å²) in [6.07, 6.45) is 62.2. The molecule has 0 rings (SSSR count). The number of rotatable bonds is 80. The summed E-state index contributed by atoms with van der Waals surface area (Å²) < 4.78 is 68.8. The maximum Gasteiger partial charge on any atom is 0.472 e. The van der Waals surface area contributed by atoms with Crippen molar-refractivity contribution in [2.45, 2.75) is 445 Å². The Morgan fingerprint density at radius 1 is 0.270 bits per heavy atom. The Morgan fingerprint density at radius 2 is 0.460 bits per heavy atom. The molecule has 0 spiro atoms. The lowest BCUT2D eigenvalue weighted by Gasteiger charge is -2.21. The van der Waals surface area contributed by atoms with Gasteiger partial charge >= 0.3 is 39.5 Å². The van der Waals surface area contributed by atoms with Gasteiger partial charge in [0.1, 0.15) is 19.3 Å². The van der Waals surface area contributed by atoms with Gasteiger partial charge in [-0.05, 0) is 37.5 Å². The third kappa shape index (κ3) is 74.3. The van der Waals surface area contributed by atoms with E-state index in [2.05, 4.69) is 41.5 Å². The van der Waals surface area contributed by atoms with Crippen LogP contribution in [-0.4, -0.2) is 96.7 Å². The number of hydrogen-bond acceptors (Lipinski definition) is 15. The van der Waals surface area contributed by atoms with E-state index in [4.69, 9.17) is 37.0 Å². The number of aliphatic hydroxyl groups excluding tert-OH is 1. The molecule has 0 aromatic carbocycles. The molecule has 0 radical (unpaired) electrons. The average molecular weight is 1470 g/mol. The van der Waals surface area contributed by atoms with Crippen LogP contribution in [0.25, 0.3) is 0 Å². The van der Waals surface area contributed by atoms with Crippen molar-refractivity contribution in [2.75, 3.05) is 39.6 Å². The molecule has 594 valence electrons. The Labute approximate surface area is 613 Å². The van der Waals surface area contributed by atoms with Crippen molar-refractivity contribution in [3.63, 3.8) is 0 Å². The van der Waals surface area contributed by atoms with Crippen LogP contribution in [0.3, 0.4) is 0 Å². The standard InChI is InChI=1S/C81H158O17P2/c1-7-9-11-13-15-17-19-21-22-23-27-34-40-46-52-58-64-79(84)92-70-77(97-80(85)65-59-53-47-41-35-28-25-24-26-31-37-43-49-55-61-73(3)4)72-96-100(89,90)94-68-75(82)67-93-99(87,88)95-71-76(69-91-78(83)63-57-51-45-39-33-20-18-16-14-12-10-8-2)98-81(86)66-60-54-48-42-36-30-29-32-38-44-50-56-62-74(5)6/h73-77,82H,7-72H2,1-6H3,(H,87,88)(H,89,90)/t75-,76+,77+/m0/s1. The summed E-state index contributed by atoms with van der Waals surface area (Å²) in [7, 11) is -9.92. The molecule has 0 saturated carbocycles. The third-order valence-electron chi connectivity index (χ3n) is 19.0. The molecule has 17 nitrogen and oxygen atoms in total. The monoisotopic (exact) mass is 1470 g/mol. The molecule has 0 aliphatic heterocycles. The Hall–Kier alpha value is -1.94. The van der Waals surface area contributed by atoms with Gasteiger partial charge in [-0.25, -0.2) is 9.13 Å². The molecule has 0 aliphatic rings. The molecule has 100 heavy (non-hydrogen) atoms. The second-order valence-corrected chi connectivity index (χ2v) is 33.0. The van der Waals surface area contributed by atoms with Gasteiger partial charge in [0.2, 0.25) is 0 Å². The molecule has 0 bridgehead atoms. The highest BCUT2D eigenvalue weighted by Gasteiger charge is 2.30. The number of unbranched alkanes of at least 4 members (excludes halogenated alkanes) is 50. The number of carbonyl (C=O) groups excluding carboxylic acids is 4. The van der Waals surface area contributed by atoms with E-state index in [1.165, 1.54) is 244 Å². The lowest BCUT2D eigenvalue weighted by Crippen LogP contribution is -2.30. The van der Waals surface area contributed by atoms with E-state index in [0.29, 0.717) is 25.7 Å². The predicted octanol–water partition coefficient (Wildman–Crippen LogP) is 24.3. The quantitative estimate of drug-likeness (QED) is 0.0222. The summed E-state index contributed by atoms with van der Waals surface area (Å²) >= 11 is 0. The predicted molar refractivity (Wildman–Crippen MR) is 409 cm³/mol. The van der Waals surface area contributed by atoms with Gasteiger partial charge in [-0.3, -0.25) is 37.3 Å². The van der Waals surface area contributed by atoms with Gasteiger partial charge in [0.25, 0.3) is 0 Å². The normalized spacial score (nSPS) is 13.9. The maximum atomic E-state index is 13.1. The molecule has 0 saturated heterocycles. The summed E-state index contributed by atoms with van der Waals surface area (Å²) in [6.45, 7) is 9.67. The number of esters is 4. The van der Waals surface area contributed by atoms with Crippen molar-refractivity contribution in [3.05, 3.63) is 0 Å². The summed E-state index contributed by atoms with van der Waals surface area (Å²) in [5.74, 6) is -0.534. The van der Waals surface area contributed by atoms with Crippen molar-refractivity contribution in [1.82, 2.24) is 0 Å². The zero-order chi connectivity index (χ0) is 73.5. The SMILES string of the molecule is CCCCCCCCCCCCCCCCCCC(=O)OC[C@H](COP(=O)(O)OC[C@@H](O)COP(=O)(O)OC[C@@H](COC(=O)CCCCCCCCCCCCCC)OC(=O)CCCCCCCCCCCCCCC(C)C)OC(=O)CCCCCCCCCCCCCCCCC(C)C. The van der Waals surface area contributed by atoms with Gasteiger partial charge in [0, 0.05) is 25.7 Å². The van der Waals surface area contributed by atoms with Crippen LogP contribution in [0.4, 0.5) is 0 Å². The number of carbonyl (C=O) groups is 4. The molecule has 3 N–H and O–H groups in total. The molecular weight excluding hydrogens is 1310 g/mol. The minimum Gasteiger partial charge on any atom is -0.462 e. The van der Waals surface area contributed by atoms with Gasteiger partial charge in [-0.15, -0.1) is 0 Å². The lowest BCUT2D eigenvalue weighted by atomic mass is 10.0. The lowest BCUT2D eigenvalue weighted by molar-refractivity contribution is -0.161. The van der Waals surface area contributed by atoms with Crippen LogP contribution in [0.1, 0.15) is 427 Å². The first-order valence-corrected chi connectivity index (χ1v) is 45.0. The minimum atomic E-state index is -4.96. The van der Waals surface area contributed by atoms with E-state index in [1.54, 1.807) is 0 Å². The van der Waals surface area contributed by atoms with Crippen LogP contribution in [-0.2, 0) is 65.4 Å². The Bertz CT molecular complexity index is 1920. The molecule has 19 heteroatoms. The number of phosphoric acid groups is 2. The highest BCUT2D eigenvalue weighted by atomic mass is 31.2. The van der Waals surface area contributed by atoms with Crippen LogP contribution in [0.15, 0.2) is 0 Å². The van der Waals surface area contributed by atoms with Crippen LogP contribution in [0.5, 0.6) is 0 Å². The highest BCUT2D eigenvalue weighted by molar-refractivity contribution is 7.47. The van der Waals surface area contributed by atoms with E-state index in [0.717, 1.165) is 102 Å². The number of ether oxygens (including phenoxy) is 4. The van der Waals surface area contributed by atoms with Crippen LogP contribution in [0, 0.1) is 11.8 Å². The van der Waals surface area contributed by atoms with Crippen LogP contribution in [0.2, 0.25) is 0 Å². The molecule has 0 aliphatic carbocycles. The fourth-order valence-electron chi connectivity index (χ4n) is 12.5. The average Bonchev–Trinajstić information content (AvgIpc) is 1.27. The summed E-state index contributed by atoms with van der Waals surface area (Å²) in [5, 5.41) is 10.6. The first kappa shape index (κ1) is 98.1. The number of hydrogen-bond donors (Lipinski definition) is 3. The van der Waals surface area contributed by atoms with Crippen molar-refractivity contribution in [3.8, 4) is 0 Å². The first-order chi connectivity index (χ1) is 48.4. The van der Waals surface area contributed by atoms with E-state index in [1.807, 2.05) is 0 Å². The summed E-state index contributed by atoms with van der Waals surface area (Å²) in [4.78, 5) is 73.1. The molecule has 0 heterocycles. The maximum absolute atomic E-state index is 13.1. The van der Waals surface area contributed by atoms with E-state index >= 15 is 0 Å². The van der Waals surface area contributed by atoms with Gasteiger partial charge in [-0.1, -0.05) is 375 Å². The molecule has 5 atom stereocenters. The van der Waals surface area contributed by atoms with Crippen molar-refractivity contribution >= 4 is 39.5 Å². The Kier molecular flexibility index (Phi) is 71.2. The fourth-order valence-corrected chi connectivity index (χ4v) is 14.1. The summed E-state index contributed by atoms with van der Waals surface area (Å²) in [5.41, 5.74) is 0. The molecule has 0 aromatic heterocycles. The van der Waals surface area contributed by atoms with Crippen LogP contribution >= 0.6 is 15.6 Å². The van der Waals surface area contributed by atoms with Crippen molar-refractivity contribution in [1.29, 1.82) is 0 Å². The Balaban J connectivity index is 5.27. The van der Waals surface area contributed by atoms with E-state index in [9.17, 15) is 43.2 Å². The van der Waals surface area contributed by atoms with Crippen LogP contribution < -0.4 is 0 Å². The van der Waals surface area contributed by atoms with Gasteiger partial charge < -0.3 is 33.8 Å². The minimum absolute atomic E-state index is 0.107. The topological polar surface area (TPSA) is 237 Å². The molecule has 0 amide bonds. The largest absolute Gasteiger partial charge is 0.472 e. The highest BCUT2D eigenvalue weighted by Crippen LogP contribution is 2.45. The first-order valence-electron chi connectivity index (χ1n) is 42.0. The zero-order valence-electron chi connectivity index (χ0n) is 65.5. The summed E-state index contributed by atoms with van der Waals surface area (Å²) in [6, 6.07) is 0. The zero-order valence-corrected chi connectivity index (χ0v) is 67.3. The fraction of sp³-hybridized carbons (Fsp3) is 0.951. The molecule has 2 unspecified atom stereocenters. The van der Waals surface area contributed by atoms with Crippen molar-refractivity contribution in [2.24, 2.45) is 11.8 Å². The van der Waals surface area contributed by atoms with Crippen molar-refractivity contribution < 1.29 is 80.2 Å². The van der Waals surface area contributed by atoms with Gasteiger partial charge in [-0.2, -0.15) is 0 Å².